The van der Waals surface area contributed by atoms with Gasteiger partial charge >= 0.3 is 12.5 Å². The minimum atomic E-state index is -4.99. The van der Waals surface area contributed by atoms with E-state index in [1.54, 1.807) is 16.5 Å². The first-order valence-corrected chi connectivity index (χ1v) is 13.2. The SMILES string of the molecule is CO/N=C(/C)c1cc(-c2nccs2)c2oc(N3CC4CCC(C3)N4C(=O)OC(C)(C)C)nc2c1OC(F)(F)F. The van der Waals surface area contributed by atoms with Crippen molar-refractivity contribution in [3.8, 4) is 16.3 Å². The van der Waals surface area contributed by atoms with Crippen LogP contribution in [0, 0.1) is 0 Å². The molecule has 210 valence electrons. The molecular formula is C25H28F3N5O5S. The Bertz CT molecular complexity index is 1390. The molecule has 2 aromatic heterocycles. The van der Waals surface area contributed by atoms with Gasteiger partial charge in [0, 0.05) is 30.2 Å². The average Bonchev–Trinajstić information content (AvgIpc) is 3.56. The maximum atomic E-state index is 13.6. The highest BCUT2D eigenvalue weighted by molar-refractivity contribution is 7.13. The van der Waals surface area contributed by atoms with Gasteiger partial charge in [-0.15, -0.1) is 24.5 Å². The summed E-state index contributed by atoms with van der Waals surface area (Å²) < 4.78 is 56.9. The molecule has 14 heteroatoms. The molecule has 0 spiro atoms. The summed E-state index contributed by atoms with van der Waals surface area (Å²) >= 11 is 1.30. The van der Waals surface area contributed by atoms with Crippen LogP contribution in [0.15, 0.2) is 27.2 Å². The van der Waals surface area contributed by atoms with Crippen LogP contribution in [0.1, 0.15) is 46.1 Å². The van der Waals surface area contributed by atoms with Gasteiger partial charge in [-0.2, -0.15) is 4.98 Å². The van der Waals surface area contributed by atoms with Gasteiger partial charge < -0.3 is 23.6 Å². The van der Waals surface area contributed by atoms with Gasteiger partial charge in [0.25, 0.3) is 6.01 Å². The fourth-order valence-corrected chi connectivity index (χ4v) is 5.70. The van der Waals surface area contributed by atoms with Crippen LogP contribution in [0.2, 0.25) is 0 Å². The number of thiazole rings is 1. The van der Waals surface area contributed by atoms with Gasteiger partial charge in [-0.1, -0.05) is 5.16 Å². The summed E-state index contributed by atoms with van der Waals surface area (Å²) in [6.45, 7) is 7.73. The normalized spacial score (nSPS) is 20.1. The Morgan fingerprint density at radius 2 is 1.90 bits per heavy atom. The van der Waals surface area contributed by atoms with Gasteiger partial charge in [-0.3, -0.25) is 4.90 Å². The van der Waals surface area contributed by atoms with Crippen molar-refractivity contribution in [1.29, 1.82) is 0 Å². The lowest BCUT2D eigenvalue weighted by molar-refractivity contribution is -0.274. The molecule has 2 saturated heterocycles. The number of oxazole rings is 1. The van der Waals surface area contributed by atoms with Gasteiger partial charge in [0.1, 0.15) is 17.7 Å². The second-order valence-electron chi connectivity index (χ2n) is 10.4. The van der Waals surface area contributed by atoms with E-state index in [9.17, 15) is 18.0 Å². The van der Waals surface area contributed by atoms with Crippen molar-refractivity contribution in [2.75, 3.05) is 25.1 Å². The molecule has 2 aliphatic rings. The number of fused-ring (bicyclic) bond motifs is 3. The lowest BCUT2D eigenvalue weighted by atomic mass is 10.0. The van der Waals surface area contributed by atoms with E-state index >= 15 is 0 Å². The number of aromatic nitrogens is 2. The smallest absolute Gasteiger partial charge is 0.444 e. The molecule has 0 radical (unpaired) electrons. The lowest BCUT2D eigenvalue weighted by Gasteiger charge is -2.40. The van der Waals surface area contributed by atoms with E-state index < -0.39 is 17.7 Å². The molecule has 2 atom stereocenters. The Hall–Kier alpha value is -3.55. The summed E-state index contributed by atoms with van der Waals surface area (Å²) in [5.74, 6) is -0.540. The Morgan fingerprint density at radius 1 is 1.21 bits per heavy atom. The van der Waals surface area contributed by atoms with Crippen LogP contribution in [-0.2, 0) is 9.57 Å². The minimum absolute atomic E-state index is 0.0431. The van der Waals surface area contributed by atoms with E-state index in [0.717, 1.165) is 12.8 Å². The van der Waals surface area contributed by atoms with Gasteiger partial charge in [-0.05, 0) is 46.6 Å². The molecule has 2 aliphatic heterocycles. The number of ether oxygens (including phenoxy) is 2. The third-order valence-electron chi connectivity index (χ3n) is 6.46. The highest BCUT2D eigenvalue weighted by Gasteiger charge is 2.45. The van der Waals surface area contributed by atoms with Crippen LogP contribution in [0.4, 0.5) is 24.0 Å². The molecule has 10 nitrogen and oxygen atoms in total. The summed E-state index contributed by atoms with van der Waals surface area (Å²) in [5, 5.41) is 6.11. The van der Waals surface area contributed by atoms with Crippen LogP contribution < -0.4 is 9.64 Å². The van der Waals surface area contributed by atoms with E-state index in [1.165, 1.54) is 31.4 Å². The maximum Gasteiger partial charge on any atom is 0.573 e. The van der Waals surface area contributed by atoms with Crippen molar-refractivity contribution in [3.05, 3.63) is 23.2 Å². The first kappa shape index (κ1) is 27.0. The summed E-state index contributed by atoms with van der Waals surface area (Å²) in [6, 6.07) is 1.32. The van der Waals surface area contributed by atoms with Crippen LogP contribution in [0.25, 0.3) is 21.7 Å². The summed E-state index contributed by atoms with van der Waals surface area (Å²) in [7, 11) is 1.30. The Labute approximate surface area is 226 Å². The van der Waals surface area contributed by atoms with Crippen molar-refractivity contribution in [2.45, 2.75) is 64.6 Å². The number of oxime groups is 1. The predicted octanol–water partition coefficient (Wildman–Crippen LogP) is 5.81. The minimum Gasteiger partial charge on any atom is -0.444 e. The number of anilines is 1. The number of piperazine rings is 1. The first-order valence-electron chi connectivity index (χ1n) is 12.3. The zero-order valence-electron chi connectivity index (χ0n) is 22.0. The number of hydrogen-bond acceptors (Lipinski definition) is 10. The first-order chi connectivity index (χ1) is 18.3. The van der Waals surface area contributed by atoms with Crippen molar-refractivity contribution >= 4 is 40.3 Å². The third-order valence-corrected chi connectivity index (χ3v) is 7.27. The van der Waals surface area contributed by atoms with E-state index in [1.807, 2.05) is 25.7 Å². The average molecular weight is 568 g/mol. The van der Waals surface area contributed by atoms with Crippen molar-refractivity contribution in [2.24, 2.45) is 5.16 Å². The lowest BCUT2D eigenvalue weighted by Crippen LogP contribution is -2.56. The van der Waals surface area contributed by atoms with Crippen molar-refractivity contribution in [3.63, 3.8) is 0 Å². The Morgan fingerprint density at radius 3 is 2.46 bits per heavy atom. The number of benzene rings is 1. The van der Waals surface area contributed by atoms with E-state index in [-0.39, 0.29) is 46.6 Å². The molecule has 3 aromatic rings. The summed E-state index contributed by atoms with van der Waals surface area (Å²) in [5.41, 5.74) is 0.0142. The maximum absolute atomic E-state index is 13.6. The standard InChI is InChI=1S/C25H28F3N5O5S/c1-13(31-35-5)16-10-17(21-29-8-9-39-21)19-18(20(16)37-25(26,27)28)30-22(36-19)32-11-14-6-7-15(12-32)33(14)23(34)38-24(2,3)4/h8-10,14-15H,6-7,11-12H2,1-5H3/b31-13-. The fourth-order valence-electron chi connectivity index (χ4n) is 5.04. The molecule has 1 amide bonds. The van der Waals surface area contributed by atoms with Gasteiger partial charge in [0.15, 0.2) is 16.8 Å². The molecule has 2 unspecified atom stereocenters. The Balaban J connectivity index is 1.58. The highest BCUT2D eigenvalue weighted by atomic mass is 32.1. The van der Waals surface area contributed by atoms with E-state index in [0.29, 0.717) is 23.7 Å². The molecule has 0 N–H and O–H groups in total. The van der Waals surface area contributed by atoms with Gasteiger partial charge in [0.2, 0.25) is 0 Å². The number of alkyl halides is 3. The zero-order chi connectivity index (χ0) is 28.1. The van der Waals surface area contributed by atoms with E-state index in [4.69, 9.17) is 14.0 Å². The number of carbonyl (C=O) groups excluding carboxylic acids is 1. The molecule has 1 aromatic carbocycles. The fraction of sp³-hybridized carbons (Fsp3) is 0.520. The van der Waals surface area contributed by atoms with Gasteiger partial charge in [-0.25, -0.2) is 9.78 Å². The third kappa shape index (κ3) is 5.47. The van der Waals surface area contributed by atoms with Gasteiger partial charge in [0.05, 0.1) is 23.4 Å². The quantitative estimate of drug-likeness (QED) is 0.281. The van der Waals surface area contributed by atoms with Crippen LogP contribution in [0.3, 0.4) is 0 Å². The molecule has 2 bridgehead atoms. The van der Waals surface area contributed by atoms with Crippen molar-refractivity contribution in [1.82, 2.24) is 14.9 Å². The Kier molecular flexibility index (Phi) is 6.85. The number of halogens is 3. The molecular weight excluding hydrogens is 539 g/mol. The molecule has 2 fully saturated rings. The number of rotatable bonds is 5. The molecule has 39 heavy (non-hydrogen) atoms. The molecule has 4 heterocycles. The second kappa shape index (κ2) is 9.88. The topological polar surface area (TPSA) is 103 Å². The number of amides is 1. The number of hydrogen-bond donors (Lipinski definition) is 0. The van der Waals surface area contributed by atoms with Crippen LogP contribution in [-0.4, -0.2) is 70.9 Å². The van der Waals surface area contributed by atoms with Crippen LogP contribution in [0.5, 0.6) is 5.75 Å². The van der Waals surface area contributed by atoms with E-state index in [2.05, 4.69) is 19.9 Å². The number of carbonyl (C=O) groups is 1. The zero-order valence-corrected chi connectivity index (χ0v) is 22.9. The van der Waals surface area contributed by atoms with Crippen LogP contribution >= 0.6 is 11.3 Å². The monoisotopic (exact) mass is 567 g/mol. The predicted molar refractivity (Wildman–Crippen MR) is 138 cm³/mol. The summed E-state index contributed by atoms with van der Waals surface area (Å²) in [6.07, 6.45) is -2.24. The largest absolute Gasteiger partial charge is 0.573 e. The molecule has 0 aliphatic carbocycles. The second-order valence-corrected chi connectivity index (χ2v) is 11.3. The molecule has 5 rings (SSSR count). The molecule has 0 saturated carbocycles. The number of nitrogens with zero attached hydrogens (tertiary/aromatic N) is 5. The summed E-state index contributed by atoms with van der Waals surface area (Å²) in [4.78, 5) is 30.1. The van der Waals surface area contributed by atoms with Crippen molar-refractivity contribution < 1.29 is 36.7 Å². The highest BCUT2D eigenvalue weighted by Crippen LogP contribution is 2.43.